The van der Waals surface area contributed by atoms with Crippen LogP contribution in [0, 0.1) is 0 Å². The molecule has 0 spiro atoms. The van der Waals surface area contributed by atoms with Crippen molar-refractivity contribution in [3.8, 4) is 11.1 Å². The highest BCUT2D eigenvalue weighted by molar-refractivity contribution is 7.26. The molecule has 0 unspecified atom stereocenters. The van der Waals surface area contributed by atoms with E-state index in [0.29, 0.717) is 0 Å². The monoisotopic (exact) mass is 617 g/mol. The van der Waals surface area contributed by atoms with Crippen LogP contribution in [0.15, 0.2) is 168 Å². The van der Waals surface area contributed by atoms with Crippen LogP contribution in [0.3, 0.4) is 0 Å². The Labute approximate surface area is 275 Å². The second kappa shape index (κ2) is 10.3. The van der Waals surface area contributed by atoms with Crippen LogP contribution >= 0.6 is 11.3 Å². The maximum absolute atomic E-state index is 6.51. The first-order chi connectivity index (χ1) is 23.3. The summed E-state index contributed by atoms with van der Waals surface area (Å²) in [4.78, 5) is 2.41. The summed E-state index contributed by atoms with van der Waals surface area (Å²) < 4.78 is 9.08. The molecule has 2 heterocycles. The van der Waals surface area contributed by atoms with Crippen molar-refractivity contribution in [2.45, 2.75) is 0 Å². The van der Waals surface area contributed by atoms with Gasteiger partial charge in [-0.2, -0.15) is 0 Å². The van der Waals surface area contributed by atoms with Crippen molar-refractivity contribution in [3.05, 3.63) is 164 Å². The molecule has 0 saturated carbocycles. The fourth-order valence-electron chi connectivity index (χ4n) is 7.27. The van der Waals surface area contributed by atoms with Gasteiger partial charge in [-0.05, 0) is 81.9 Å². The zero-order valence-electron chi connectivity index (χ0n) is 25.4. The van der Waals surface area contributed by atoms with Gasteiger partial charge in [-0.1, -0.05) is 109 Å². The third-order valence-corrected chi connectivity index (χ3v) is 10.6. The lowest BCUT2D eigenvalue weighted by molar-refractivity contribution is 0.672. The van der Waals surface area contributed by atoms with E-state index in [1.807, 2.05) is 17.4 Å². The summed E-state index contributed by atoms with van der Waals surface area (Å²) >= 11 is 1.85. The predicted octanol–water partition coefficient (Wildman–Crippen LogP) is 13.4. The number of rotatable bonds is 4. The highest BCUT2D eigenvalue weighted by Crippen LogP contribution is 2.46. The van der Waals surface area contributed by atoms with Crippen LogP contribution in [0.4, 0.5) is 17.1 Å². The predicted molar refractivity (Wildman–Crippen MR) is 202 cm³/mol. The van der Waals surface area contributed by atoms with E-state index in [-0.39, 0.29) is 0 Å². The zero-order chi connectivity index (χ0) is 30.9. The summed E-state index contributed by atoms with van der Waals surface area (Å²) in [5, 5.41) is 9.61. The van der Waals surface area contributed by atoms with Crippen molar-refractivity contribution >= 4 is 92.1 Å². The molecule has 3 heteroatoms. The van der Waals surface area contributed by atoms with Gasteiger partial charge in [0.05, 0.1) is 5.69 Å². The lowest BCUT2D eigenvalue weighted by Crippen LogP contribution is -2.10. The molecule has 0 bridgehead atoms. The molecule has 0 radical (unpaired) electrons. The number of para-hydroxylation sites is 1. The van der Waals surface area contributed by atoms with Gasteiger partial charge in [-0.25, -0.2) is 0 Å². The van der Waals surface area contributed by atoms with Crippen LogP contribution in [-0.2, 0) is 0 Å². The maximum atomic E-state index is 6.51. The number of anilines is 3. The quantitative estimate of drug-likeness (QED) is 0.195. The maximum Gasteiger partial charge on any atom is 0.143 e. The molecule has 0 saturated heterocycles. The van der Waals surface area contributed by atoms with E-state index >= 15 is 0 Å². The summed E-state index contributed by atoms with van der Waals surface area (Å²) in [6, 6.07) is 59.1. The van der Waals surface area contributed by atoms with E-state index < -0.39 is 0 Å². The molecule has 220 valence electrons. The molecule has 0 amide bonds. The number of furan rings is 1. The Morgan fingerprint density at radius 3 is 2.04 bits per heavy atom. The van der Waals surface area contributed by atoms with Crippen LogP contribution in [-0.4, -0.2) is 0 Å². The minimum absolute atomic E-state index is 0.913. The van der Waals surface area contributed by atoms with E-state index in [0.717, 1.165) is 49.8 Å². The highest BCUT2D eigenvalue weighted by atomic mass is 32.1. The van der Waals surface area contributed by atoms with Gasteiger partial charge < -0.3 is 9.32 Å². The highest BCUT2D eigenvalue weighted by Gasteiger charge is 2.20. The smallest absolute Gasteiger partial charge is 0.143 e. The average Bonchev–Trinajstić information content (AvgIpc) is 3.71. The SMILES string of the molecule is c1ccc2c(-c3ccc(N(c4ccc5ccc6c7ccccc7oc6c5c4)c4cccc5sc6ccccc6c45)cc3)cccc2c1. The van der Waals surface area contributed by atoms with Gasteiger partial charge >= 0.3 is 0 Å². The van der Waals surface area contributed by atoms with Crippen molar-refractivity contribution in [1.29, 1.82) is 0 Å². The number of fused-ring (bicyclic) bond motifs is 9. The van der Waals surface area contributed by atoms with Crippen LogP contribution in [0.2, 0.25) is 0 Å². The molecule has 0 aliphatic heterocycles. The number of thiophene rings is 1. The summed E-state index contributed by atoms with van der Waals surface area (Å²) in [5.41, 5.74) is 7.64. The molecule has 2 aromatic heterocycles. The summed E-state index contributed by atoms with van der Waals surface area (Å²) in [6.45, 7) is 0. The van der Waals surface area contributed by atoms with E-state index in [2.05, 4.69) is 163 Å². The average molecular weight is 618 g/mol. The van der Waals surface area contributed by atoms with Crippen molar-refractivity contribution in [1.82, 2.24) is 0 Å². The third kappa shape index (κ3) is 4.10. The van der Waals surface area contributed by atoms with Gasteiger partial charge in [0.25, 0.3) is 0 Å². The standard InChI is InChI=1S/C44H27NOS/c1-2-11-33-28(9-1)10-7-14-34(33)29-19-23-31(24-20-29)45(39-15-8-18-42-43(39)37-13-4-6-17-41(37)47-42)32-25-21-30-22-26-36-35-12-3-5-16-40(35)46-44(36)38(30)27-32/h1-27H. The van der Waals surface area contributed by atoms with Gasteiger partial charge in [0.1, 0.15) is 11.2 Å². The Hall–Kier alpha value is -5.90. The first-order valence-electron chi connectivity index (χ1n) is 15.9. The fraction of sp³-hybridized carbons (Fsp3) is 0. The van der Waals surface area contributed by atoms with E-state index in [4.69, 9.17) is 4.42 Å². The van der Waals surface area contributed by atoms with Gasteiger partial charge in [0.15, 0.2) is 0 Å². The van der Waals surface area contributed by atoms with Gasteiger partial charge in [-0.3, -0.25) is 0 Å². The summed E-state index contributed by atoms with van der Waals surface area (Å²) in [5.74, 6) is 0. The molecule has 10 aromatic rings. The molecule has 47 heavy (non-hydrogen) atoms. The van der Waals surface area contributed by atoms with Crippen LogP contribution in [0.25, 0.3) is 74.8 Å². The van der Waals surface area contributed by atoms with Crippen molar-refractivity contribution in [2.24, 2.45) is 0 Å². The Bertz CT molecular complexity index is 2800. The van der Waals surface area contributed by atoms with E-state index in [1.165, 1.54) is 42.1 Å². The summed E-state index contributed by atoms with van der Waals surface area (Å²) in [6.07, 6.45) is 0. The number of nitrogens with zero attached hydrogens (tertiary/aromatic N) is 1. The van der Waals surface area contributed by atoms with Gasteiger partial charge in [0.2, 0.25) is 0 Å². The van der Waals surface area contributed by atoms with Crippen LogP contribution < -0.4 is 4.90 Å². The third-order valence-electron chi connectivity index (χ3n) is 9.45. The topological polar surface area (TPSA) is 16.4 Å². The minimum atomic E-state index is 0.913. The molecule has 0 fully saturated rings. The van der Waals surface area contributed by atoms with Crippen molar-refractivity contribution in [3.63, 3.8) is 0 Å². The van der Waals surface area contributed by atoms with Crippen LogP contribution in [0.1, 0.15) is 0 Å². The molecule has 10 rings (SSSR count). The zero-order valence-corrected chi connectivity index (χ0v) is 26.2. The van der Waals surface area contributed by atoms with Crippen molar-refractivity contribution < 1.29 is 4.42 Å². The molecule has 0 atom stereocenters. The first kappa shape index (κ1) is 26.3. The molecular formula is C44H27NOS. The van der Waals surface area contributed by atoms with Gasteiger partial charge in [-0.15, -0.1) is 11.3 Å². The van der Waals surface area contributed by atoms with E-state index in [9.17, 15) is 0 Å². The molecular weight excluding hydrogens is 591 g/mol. The molecule has 8 aromatic carbocycles. The Morgan fingerprint density at radius 2 is 1.13 bits per heavy atom. The molecule has 0 aliphatic rings. The normalized spacial score (nSPS) is 11.8. The lowest BCUT2D eigenvalue weighted by atomic mass is 9.98. The molecule has 0 N–H and O–H groups in total. The first-order valence-corrected chi connectivity index (χ1v) is 16.7. The van der Waals surface area contributed by atoms with E-state index in [1.54, 1.807) is 0 Å². The summed E-state index contributed by atoms with van der Waals surface area (Å²) in [7, 11) is 0. The van der Waals surface area contributed by atoms with Crippen LogP contribution in [0.5, 0.6) is 0 Å². The fourth-order valence-corrected chi connectivity index (χ4v) is 8.39. The number of benzene rings is 8. The number of hydrogen-bond acceptors (Lipinski definition) is 3. The second-order valence-corrected chi connectivity index (χ2v) is 13.2. The minimum Gasteiger partial charge on any atom is -0.455 e. The number of hydrogen-bond donors (Lipinski definition) is 0. The Kier molecular flexibility index (Phi) is 5.78. The Morgan fingerprint density at radius 1 is 0.447 bits per heavy atom. The molecule has 2 nitrogen and oxygen atoms in total. The second-order valence-electron chi connectivity index (χ2n) is 12.1. The molecule has 0 aliphatic carbocycles. The largest absolute Gasteiger partial charge is 0.455 e. The Balaban J connectivity index is 1.22. The van der Waals surface area contributed by atoms with Gasteiger partial charge in [0, 0.05) is 47.7 Å². The lowest BCUT2D eigenvalue weighted by Gasteiger charge is -2.27. The van der Waals surface area contributed by atoms with Crippen molar-refractivity contribution in [2.75, 3.05) is 4.90 Å².